The summed E-state index contributed by atoms with van der Waals surface area (Å²) < 4.78 is 0. The van der Waals surface area contributed by atoms with E-state index in [1.165, 1.54) is 0 Å². The first-order valence-corrected chi connectivity index (χ1v) is 3.00. The Hall–Kier alpha value is -0.790. The Morgan fingerprint density at radius 2 is 2.00 bits per heavy atom. The molecule has 52 valence electrons. The van der Waals surface area contributed by atoms with Gasteiger partial charge in [-0.1, -0.05) is 0 Å². The standard InChI is InChI=1S/C7H14N2/c1-5-8-7(2)6-9(3)4/h5-6H,1-4H3/b7-6-,8-5?. The Balaban J connectivity index is 3.84. The smallest absolute Gasteiger partial charge is 0.0526 e. The van der Waals surface area contributed by atoms with Crippen LogP contribution in [0.5, 0.6) is 0 Å². The van der Waals surface area contributed by atoms with Crippen LogP contribution in [-0.2, 0) is 0 Å². The molecule has 0 aromatic carbocycles. The molecule has 0 aliphatic rings. The lowest BCUT2D eigenvalue weighted by Gasteiger charge is -2.03. The van der Waals surface area contributed by atoms with Crippen molar-refractivity contribution >= 4 is 6.21 Å². The summed E-state index contributed by atoms with van der Waals surface area (Å²) in [5, 5.41) is 0. The molecule has 0 heterocycles. The third kappa shape index (κ3) is 5.07. The van der Waals surface area contributed by atoms with Gasteiger partial charge in [-0.15, -0.1) is 0 Å². The van der Waals surface area contributed by atoms with Crippen molar-refractivity contribution in [1.82, 2.24) is 4.90 Å². The molecule has 0 N–H and O–H groups in total. The van der Waals surface area contributed by atoms with Gasteiger partial charge in [-0.25, -0.2) is 0 Å². The lowest BCUT2D eigenvalue weighted by atomic mass is 10.5. The molecule has 0 saturated heterocycles. The molecule has 0 amide bonds. The molecule has 0 spiro atoms. The van der Waals surface area contributed by atoms with Crippen molar-refractivity contribution < 1.29 is 0 Å². The Morgan fingerprint density at radius 1 is 1.44 bits per heavy atom. The van der Waals surface area contributed by atoms with Gasteiger partial charge in [0.2, 0.25) is 0 Å². The van der Waals surface area contributed by atoms with Gasteiger partial charge in [0.1, 0.15) is 0 Å². The van der Waals surface area contributed by atoms with E-state index in [1.807, 2.05) is 39.0 Å². The lowest BCUT2D eigenvalue weighted by Crippen LogP contribution is -2.01. The third-order valence-corrected chi connectivity index (χ3v) is 0.778. The van der Waals surface area contributed by atoms with E-state index >= 15 is 0 Å². The van der Waals surface area contributed by atoms with Crippen LogP contribution in [0.3, 0.4) is 0 Å². The third-order valence-electron chi connectivity index (χ3n) is 0.778. The van der Waals surface area contributed by atoms with Crippen LogP contribution < -0.4 is 0 Å². The highest BCUT2D eigenvalue weighted by Crippen LogP contribution is 1.92. The summed E-state index contributed by atoms with van der Waals surface area (Å²) in [6.45, 7) is 3.88. The summed E-state index contributed by atoms with van der Waals surface area (Å²) >= 11 is 0. The zero-order valence-electron chi connectivity index (χ0n) is 6.55. The number of rotatable bonds is 2. The van der Waals surface area contributed by atoms with Crippen molar-refractivity contribution in [3.8, 4) is 0 Å². The van der Waals surface area contributed by atoms with Gasteiger partial charge in [-0.05, 0) is 13.8 Å². The molecule has 9 heavy (non-hydrogen) atoms. The minimum absolute atomic E-state index is 1.03. The van der Waals surface area contributed by atoms with Crippen molar-refractivity contribution in [2.75, 3.05) is 14.1 Å². The molecule has 2 nitrogen and oxygen atoms in total. The highest BCUT2D eigenvalue weighted by atomic mass is 15.0. The molecule has 0 aliphatic carbocycles. The number of allylic oxidation sites excluding steroid dienone is 1. The fourth-order valence-corrected chi connectivity index (χ4v) is 0.611. The Morgan fingerprint density at radius 3 is 2.33 bits per heavy atom. The van der Waals surface area contributed by atoms with Crippen LogP contribution in [0.15, 0.2) is 16.9 Å². The van der Waals surface area contributed by atoms with E-state index in [9.17, 15) is 0 Å². The van der Waals surface area contributed by atoms with Gasteiger partial charge in [-0.2, -0.15) is 0 Å². The van der Waals surface area contributed by atoms with Gasteiger partial charge >= 0.3 is 0 Å². The van der Waals surface area contributed by atoms with Crippen LogP contribution in [0.2, 0.25) is 0 Å². The van der Waals surface area contributed by atoms with Gasteiger partial charge in [0.15, 0.2) is 0 Å². The van der Waals surface area contributed by atoms with E-state index in [-0.39, 0.29) is 0 Å². The molecule has 0 rings (SSSR count). The fourth-order valence-electron chi connectivity index (χ4n) is 0.611. The monoisotopic (exact) mass is 126 g/mol. The molecular weight excluding hydrogens is 112 g/mol. The van der Waals surface area contributed by atoms with Gasteiger partial charge in [0.25, 0.3) is 0 Å². The number of aliphatic imine (C=N–C) groups is 1. The second-order valence-corrected chi connectivity index (χ2v) is 2.12. The first kappa shape index (κ1) is 8.21. The summed E-state index contributed by atoms with van der Waals surface area (Å²) in [6, 6.07) is 0. The molecule has 0 aromatic rings. The van der Waals surface area contributed by atoms with Gasteiger partial charge in [0, 0.05) is 26.5 Å². The maximum atomic E-state index is 4.06. The highest BCUT2D eigenvalue weighted by molar-refractivity contribution is 5.54. The van der Waals surface area contributed by atoms with Crippen LogP contribution in [-0.4, -0.2) is 25.2 Å². The topological polar surface area (TPSA) is 15.6 Å². The minimum atomic E-state index is 1.03. The predicted molar refractivity (Wildman–Crippen MR) is 41.6 cm³/mol. The van der Waals surface area contributed by atoms with Crippen LogP contribution in [0, 0.1) is 0 Å². The molecule has 0 fully saturated rings. The highest BCUT2D eigenvalue weighted by Gasteiger charge is 1.80. The van der Waals surface area contributed by atoms with E-state index < -0.39 is 0 Å². The molecule has 0 atom stereocenters. The zero-order chi connectivity index (χ0) is 7.28. The van der Waals surface area contributed by atoms with E-state index in [0.29, 0.717) is 0 Å². The van der Waals surface area contributed by atoms with Gasteiger partial charge < -0.3 is 4.90 Å². The van der Waals surface area contributed by atoms with Crippen LogP contribution in [0.4, 0.5) is 0 Å². The second kappa shape index (κ2) is 4.13. The number of hydrogen-bond acceptors (Lipinski definition) is 2. The van der Waals surface area contributed by atoms with Crippen LogP contribution in [0.25, 0.3) is 0 Å². The van der Waals surface area contributed by atoms with Crippen molar-refractivity contribution in [1.29, 1.82) is 0 Å². The van der Waals surface area contributed by atoms with E-state index in [2.05, 4.69) is 4.99 Å². The van der Waals surface area contributed by atoms with E-state index in [4.69, 9.17) is 0 Å². The summed E-state index contributed by atoms with van der Waals surface area (Å²) in [4.78, 5) is 6.03. The predicted octanol–water partition coefficient (Wildman–Crippen LogP) is 1.50. The van der Waals surface area contributed by atoms with E-state index in [0.717, 1.165) is 5.70 Å². The van der Waals surface area contributed by atoms with Crippen LogP contribution >= 0.6 is 0 Å². The van der Waals surface area contributed by atoms with Crippen molar-refractivity contribution in [2.24, 2.45) is 4.99 Å². The van der Waals surface area contributed by atoms with Crippen molar-refractivity contribution in [3.63, 3.8) is 0 Å². The van der Waals surface area contributed by atoms with Crippen LogP contribution in [0.1, 0.15) is 13.8 Å². The summed E-state index contributed by atoms with van der Waals surface area (Å²) in [5.41, 5.74) is 1.03. The molecule has 0 bridgehead atoms. The van der Waals surface area contributed by atoms with Crippen molar-refractivity contribution in [3.05, 3.63) is 11.9 Å². The maximum Gasteiger partial charge on any atom is 0.0526 e. The van der Waals surface area contributed by atoms with Gasteiger partial charge in [0.05, 0.1) is 5.70 Å². The molecule has 0 aromatic heterocycles. The largest absolute Gasteiger partial charge is 0.382 e. The molecular formula is C7H14N2. The minimum Gasteiger partial charge on any atom is -0.382 e. The fraction of sp³-hybridized carbons (Fsp3) is 0.571. The quantitative estimate of drug-likeness (QED) is 0.512. The van der Waals surface area contributed by atoms with E-state index in [1.54, 1.807) is 6.21 Å². The van der Waals surface area contributed by atoms with Crippen molar-refractivity contribution in [2.45, 2.75) is 13.8 Å². The van der Waals surface area contributed by atoms with Gasteiger partial charge in [-0.3, -0.25) is 4.99 Å². The molecule has 2 heteroatoms. The Bertz CT molecular complexity index is 123. The zero-order valence-corrected chi connectivity index (χ0v) is 6.55. The first-order valence-electron chi connectivity index (χ1n) is 3.00. The summed E-state index contributed by atoms with van der Waals surface area (Å²) in [7, 11) is 3.96. The normalized spacial score (nSPS) is 12.7. The SMILES string of the molecule is CC=N/C(C)=C\N(C)C. The Labute approximate surface area is 56.9 Å². The average molecular weight is 126 g/mol. The first-order chi connectivity index (χ1) is 4.16. The molecule has 0 unspecified atom stereocenters. The molecule has 0 radical (unpaired) electrons. The summed E-state index contributed by atoms with van der Waals surface area (Å²) in [5.74, 6) is 0. The average Bonchev–Trinajstić information content (AvgIpc) is 1.63. The molecule has 0 saturated carbocycles. The Kier molecular flexibility index (Phi) is 3.76. The second-order valence-electron chi connectivity index (χ2n) is 2.12. The maximum absolute atomic E-state index is 4.06. The number of hydrogen-bond donors (Lipinski definition) is 0. The molecule has 0 aliphatic heterocycles. The lowest BCUT2D eigenvalue weighted by molar-refractivity contribution is 0.557. The number of nitrogens with zero attached hydrogens (tertiary/aromatic N) is 2. The summed E-state index contributed by atoms with van der Waals surface area (Å²) in [6.07, 6.45) is 3.76.